The van der Waals surface area contributed by atoms with Crippen LogP contribution >= 0.6 is 0 Å². The Balaban J connectivity index is 1.10. The fourth-order valence-corrected chi connectivity index (χ4v) is 8.19. The minimum atomic E-state index is -0.999. The molecule has 4 fully saturated rings. The van der Waals surface area contributed by atoms with Gasteiger partial charge in [0.15, 0.2) is 5.82 Å². The van der Waals surface area contributed by atoms with Crippen molar-refractivity contribution in [3.05, 3.63) is 41.6 Å². The number of nitrogens with one attached hydrogen (secondary N) is 1. The van der Waals surface area contributed by atoms with Gasteiger partial charge < -0.3 is 10.4 Å². The molecule has 3 aromatic heterocycles. The molecule has 0 aliphatic heterocycles. The van der Waals surface area contributed by atoms with Crippen molar-refractivity contribution < 1.29 is 14.7 Å². The van der Waals surface area contributed by atoms with Crippen LogP contribution in [0.15, 0.2) is 24.4 Å². The van der Waals surface area contributed by atoms with Gasteiger partial charge in [-0.05, 0) is 89.7 Å². The summed E-state index contributed by atoms with van der Waals surface area (Å²) in [4.78, 5) is 28.9. The van der Waals surface area contributed by atoms with Crippen LogP contribution in [0.5, 0.6) is 0 Å². The van der Waals surface area contributed by atoms with Gasteiger partial charge in [0.25, 0.3) is 5.91 Å². The zero-order chi connectivity index (χ0) is 23.1. The smallest absolute Gasteiger partial charge is 0.311 e. The van der Waals surface area contributed by atoms with Crippen LogP contribution < -0.4 is 5.32 Å². The van der Waals surface area contributed by atoms with Crippen molar-refractivity contribution in [2.45, 2.75) is 51.5 Å². The molecule has 4 saturated carbocycles. The highest BCUT2D eigenvalue weighted by Gasteiger charge is 2.70. The molecule has 0 saturated heterocycles. The van der Waals surface area contributed by atoms with Crippen LogP contribution in [0.3, 0.4) is 0 Å². The van der Waals surface area contributed by atoms with Crippen LogP contribution in [0.1, 0.15) is 60.5 Å². The predicted octanol–water partition coefficient (Wildman–Crippen LogP) is 1.94. The van der Waals surface area contributed by atoms with E-state index in [0.29, 0.717) is 22.5 Å². The average molecular weight is 462 g/mol. The fourth-order valence-electron chi connectivity index (χ4n) is 8.19. The number of nitrogens with zero attached hydrogens (tertiary/aromatic N) is 6. The van der Waals surface area contributed by atoms with Gasteiger partial charge in [0.2, 0.25) is 0 Å². The summed E-state index contributed by atoms with van der Waals surface area (Å²) in [7, 11) is 0. The van der Waals surface area contributed by atoms with E-state index in [2.05, 4.69) is 25.8 Å². The van der Waals surface area contributed by atoms with Gasteiger partial charge in [-0.25, -0.2) is 9.67 Å². The van der Waals surface area contributed by atoms with E-state index >= 15 is 0 Å². The second kappa shape index (κ2) is 6.86. The molecule has 176 valence electrons. The molecule has 3 bridgehead atoms. The number of carboxylic acids is 1. The number of aromatic nitrogens is 6. The molecule has 5 atom stereocenters. The highest BCUT2D eigenvalue weighted by Crippen LogP contribution is 2.78. The number of carbonyl (C=O) groups excluding carboxylic acids is 1. The van der Waals surface area contributed by atoms with Crippen molar-refractivity contribution in [1.82, 2.24) is 34.9 Å². The lowest BCUT2D eigenvalue weighted by Crippen LogP contribution is -2.43. The lowest BCUT2D eigenvalue weighted by molar-refractivity contribution is -0.136. The van der Waals surface area contributed by atoms with E-state index in [1.54, 1.807) is 10.6 Å². The monoisotopic (exact) mass is 461 g/mol. The van der Waals surface area contributed by atoms with Gasteiger partial charge in [-0.2, -0.15) is 0 Å². The summed E-state index contributed by atoms with van der Waals surface area (Å²) in [6.07, 6.45) is 9.66. The summed E-state index contributed by atoms with van der Waals surface area (Å²) in [5.74, 6) is 1.89. The van der Waals surface area contributed by atoms with E-state index in [1.165, 1.54) is 43.2 Å². The number of pyridine rings is 1. The van der Waals surface area contributed by atoms with Gasteiger partial charge in [0.1, 0.15) is 17.8 Å². The van der Waals surface area contributed by atoms with Crippen molar-refractivity contribution in [3.8, 4) is 0 Å². The number of carbonyl (C=O) groups is 2. The number of imidazole rings is 1. The van der Waals surface area contributed by atoms with Gasteiger partial charge >= 0.3 is 5.97 Å². The van der Waals surface area contributed by atoms with E-state index in [4.69, 9.17) is 5.11 Å². The lowest BCUT2D eigenvalue weighted by Gasteiger charge is -2.49. The number of rotatable bonds is 7. The Morgan fingerprint density at radius 2 is 2.09 bits per heavy atom. The summed E-state index contributed by atoms with van der Waals surface area (Å²) < 4.78 is 3.22. The van der Waals surface area contributed by atoms with Crippen LogP contribution in [0.25, 0.3) is 5.65 Å². The van der Waals surface area contributed by atoms with Crippen LogP contribution in [0, 0.1) is 28.6 Å². The summed E-state index contributed by atoms with van der Waals surface area (Å²) >= 11 is 0. The van der Waals surface area contributed by atoms with Crippen LogP contribution in [0.4, 0.5) is 0 Å². The number of fused-ring (bicyclic) bond motifs is 3. The molecule has 1 amide bonds. The molecule has 10 heteroatoms. The van der Waals surface area contributed by atoms with Crippen molar-refractivity contribution in [3.63, 3.8) is 0 Å². The first-order valence-electron chi connectivity index (χ1n) is 12.2. The summed E-state index contributed by atoms with van der Waals surface area (Å²) in [6, 6.07) is 5.51. The van der Waals surface area contributed by atoms with Crippen molar-refractivity contribution in [2.75, 3.05) is 6.54 Å². The first kappa shape index (κ1) is 20.1. The quantitative estimate of drug-likeness (QED) is 0.550. The van der Waals surface area contributed by atoms with E-state index in [1.807, 2.05) is 18.2 Å². The van der Waals surface area contributed by atoms with E-state index in [-0.39, 0.29) is 30.1 Å². The number of hydrogen-bond acceptors (Lipinski definition) is 6. The van der Waals surface area contributed by atoms with Gasteiger partial charge in [0.05, 0.1) is 12.2 Å². The standard InChI is InChI=1S/C24H27N7O3/c32-21(33)6-20-27-28-29-31(20)11-17-10-30-18(2-1-3-19(30)26-17)22(34)25-13-23-7-14-4-15-5-16(9-23)24(15,8-14)12-23/h1-3,10,14-16H,4-9,11-13H2,(H,25,34)(H,32,33). The van der Waals surface area contributed by atoms with Gasteiger partial charge in [-0.15, -0.1) is 5.10 Å². The first-order valence-corrected chi connectivity index (χ1v) is 12.2. The highest BCUT2D eigenvalue weighted by atomic mass is 16.4. The Bertz CT molecular complexity index is 1330. The normalized spacial score (nSPS) is 32.6. The summed E-state index contributed by atoms with van der Waals surface area (Å²) in [6.45, 7) is 0.988. The number of tetrazole rings is 1. The molecular formula is C24H27N7O3. The van der Waals surface area contributed by atoms with Gasteiger partial charge in [-0.1, -0.05) is 6.07 Å². The third-order valence-corrected chi connectivity index (χ3v) is 9.21. The third-order valence-electron chi connectivity index (χ3n) is 9.21. The second-order valence-corrected chi connectivity index (χ2v) is 11.1. The molecule has 2 N–H and O–H groups in total. The Morgan fingerprint density at radius 3 is 2.97 bits per heavy atom. The minimum Gasteiger partial charge on any atom is -0.481 e. The van der Waals surface area contributed by atoms with Crippen molar-refractivity contribution in [1.29, 1.82) is 0 Å². The molecule has 10 nitrogen and oxygen atoms in total. The SMILES string of the molecule is O=C(O)Cc1nnnn1Cc1cn2c(C(=O)NCC34CC5CC6CC(C3)C6(C5)C4)cccc2n1. The maximum Gasteiger partial charge on any atom is 0.311 e. The largest absolute Gasteiger partial charge is 0.481 e. The molecule has 0 radical (unpaired) electrons. The number of hydrogen-bond donors (Lipinski definition) is 2. The number of aliphatic carboxylic acids is 1. The fraction of sp³-hybridized carbons (Fsp3) is 0.583. The zero-order valence-corrected chi connectivity index (χ0v) is 18.9. The molecule has 3 aromatic rings. The Labute approximate surface area is 195 Å². The molecule has 0 aromatic carbocycles. The van der Waals surface area contributed by atoms with E-state index in [0.717, 1.165) is 24.3 Å². The maximum absolute atomic E-state index is 13.3. The summed E-state index contributed by atoms with van der Waals surface area (Å²) in [5.41, 5.74) is 2.75. The molecule has 7 rings (SSSR count). The molecule has 1 spiro atoms. The zero-order valence-electron chi connectivity index (χ0n) is 18.9. The molecule has 4 aliphatic carbocycles. The van der Waals surface area contributed by atoms with Crippen molar-refractivity contribution in [2.24, 2.45) is 28.6 Å². The average Bonchev–Trinajstić information content (AvgIpc) is 3.49. The summed E-state index contributed by atoms with van der Waals surface area (Å²) in [5, 5.41) is 23.6. The maximum atomic E-state index is 13.3. The van der Waals surface area contributed by atoms with Gasteiger partial charge in [-0.3, -0.25) is 14.0 Å². The van der Waals surface area contributed by atoms with E-state index in [9.17, 15) is 9.59 Å². The number of amides is 1. The topological polar surface area (TPSA) is 127 Å². The van der Waals surface area contributed by atoms with Crippen LogP contribution in [-0.2, 0) is 17.8 Å². The highest BCUT2D eigenvalue weighted by molar-refractivity contribution is 5.93. The van der Waals surface area contributed by atoms with Crippen molar-refractivity contribution >= 4 is 17.5 Å². The van der Waals surface area contributed by atoms with Crippen LogP contribution in [0.2, 0.25) is 0 Å². The van der Waals surface area contributed by atoms with Gasteiger partial charge in [0, 0.05) is 12.7 Å². The van der Waals surface area contributed by atoms with Crippen LogP contribution in [-0.4, -0.2) is 53.1 Å². The first-order chi connectivity index (χ1) is 16.4. The van der Waals surface area contributed by atoms with E-state index < -0.39 is 5.97 Å². The molecule has 3 heterocycles. The molecular weight excluding hydrogens is 434 g/mol. The lowest BCUT2D eigenvalue weighted by atomic mass is 9.55. The minimum absolute atomic E-state index is 0.0795. The second-order valence-electron chi connectivity index (χ2n) is 11.1. The predicted molar refractivity (Wildman–Crippen MR) is 119 cm³/mol. The Morgan fingerprint density at radius 1 is 1.18 bits per heavy atom. The third kappa shape index (κ3) is 2.86. The Kier molecular flexibility index (Phi) is 4.06. The number of carboxylic acid groups (broad SMARTS) is 1. The molecule has 5 unspecified atom stereocenters. The molecule has 4 aliphatic rings. The molecule has 34 heavy (non-hydrogen) atoms. The Hall–Kier alpha value is -3.30.